The summed E-state index contributed by atoms with van der Waals surface area (Å²) >= 11 is 0. The zero-order valence-corrected chi connectivity index (χ0v) is 9.96. The van der Waals surface area contributed by atoms with E-state index >= 15 is 0 Å². The van der Waals surface area contributed by atoms with Crippen molar-refractivity contribution in [2.75, 3.05) is 0 Å². The third-order valence-electron chi connectivity index (χ3n) is 3.75. The van der Waals surface area contributed by atoms with E-state index in [0.717, 1.165) is 30.4 Å². The first-order valence-electron chi connectivity index (χ1n) is 6.02. The van der Waals surface area contributed by atoms with Gasteiger partial charge in [0, 0.05) is 6.42 Å². The van der Waals surface area contributed by atoms with E-state index in [1.54, 1.807) is 6.07 Å². The molecule has 0 amide bonds. The number of aryl methyl sites for hydroxylation is 1. The van der Waals surface area contributed by atoms with Gasteiger partial charge in [-0.1, -0.05) is 13.0 Å². The molecule has 1 fully saturated rings. The van der Waals surface area contributed by atoms with E-state index in [1.807, 2.05) is 13.8 Å². The molecule has 1 saturated carbocycles. The maximum Gasteiger partial charge on any atom is 0.123 e. The Morgan fingerprint density at radius 1 is 1.44 bits per heavy atom. The molecule has 0 saturated heterocycles. The van der Waals surface area contributed by atoms with Gasteiger partial charge in [0.15, 0.2) is 0 Å². The van der Waals surface area contributed by atoms with Crippen LogP contribution in [0, 0.1) is 18.7 Å². The van der Waals surface area contributed by atoms with Crippen molar-refractivity contribution in [3.63, 3.8) is 0 Å². The van der Waals surface area contributed by atoms with Crippen LogP contribution < -0.4 is 0 Å². The molecule has 1 aromatic carbocycles. The molecule has 88 valence electrons. The number of benzene rings is 1. The van der Waals surface area contributed by atoms with Gasteiger partial charge in [-0.05, 0) is 55.4 Å². The molecular formula is C14H19FO. The summed E-state index contributed by atoms with van der Waals surface area (Å²) in [5, 5.41) is 10.5. The molecule has 2 rings (SSSR count). The highest BCUT2D eigenvalue weighted by atomic mass is 19.1. The fourth-order valence-corrected chi connectivity index (χ4v) is 2.37. The Labute approximate surface area is 96.3 Å². The van der Waals surface area contributed by atoms with Crippen molar-refractivity contribution in [2.24, 2.45) is 5.92 Å². The van der Waals surface area contributed by atoms with E-state index in [0.29, 0.717) is 12.3 Å². The van der Waals surface area contributed by atoms with E-state index in [4.69, 9.17) is 0 Å². The molecule has 0 heterocycles. The van der Waals surface area contributed by atoms with E-state index in [2.05, 4.69) is 0 Å². The molecule has 0 radical (unpaired) electrons. The Bertz CT molecular complexity index is 384. The fourth-order valence-electron chi connectivity index (χ4n) is 2.37. The first-order chi connectivity index (χ1) is 7.55. The van der Waals surface area contributed by atoms with Crippen molar-refractivity contribution in [2.45, 2.75) is 45.1 Å². The highest BCUT2D eigenvalue weighted by molar-refractivity contribution is 5.28. The van der Waals surface area contributed by atoms with Crippen molar-refractivity contribution < 1.29 is 9.50 Å². The standard InChI is InChI=1S/C14H19FO/c1-3-14(16,12-5-6-12)9-11-4-7-13(15)8-10(11)2/h4,7-8,12,16H,3,5-6,9H2,1-2H3. The molecule has 1 atom stereocenters. The normalized spacial score (nSPS) is 19.5. The summed E-state index contributed by atoms with van der Waals surface area (Å²) in [6.45, 7) is 3.93. The Kier molecular flexibility index (Phi) is 3.02. The van der Waals surface area contributed by atoms with Crippen LogP contribution in [0.5, 0.6) is 0 Å². The number of aliphatic hydroxyl groups is 1. The first-order valence-corrected chi connectivity index (χ1v) is 6.02. The Hall–Kier alpha value is -0.890. The second-order valence-corrected chi connectivity index (χ2v) is 4.98. The van der Waals surface area contributed by atoms with Gasteiger partial charge in [0.05, 0.1) is 5.60 Å². The summed E-state index contributed by atoms with van der Waals surface area (Å²) in [4.78, 5) is 0. The molecule has 1 aliphatic rings. The molecule has 0 aliphatic heterocycles. The maximum absolute atomic E-state index is 13.0. The molecule has 1 aromatic rings. The second kappa shape index (κ2) is 4.17. The summed E-state index contributed by atoms with van der Waals surface area (Å²) in [6.07, 6.45) is 3.68. The summed E-state index contributed by atoms with van der Waals surface area (Å²) in [7, 11) is 0. The van der Waals surface area contributed by atoms with Gasteiger partial charge in [0.1, 0.15) is 5.82 Å². The van der Waals surface area contributed by atoms with E-state index in [1.165, 1.54) is 12.1 Å². The monoisotopic (exact) mass is 222 g/mol. The molecule has 0 spiro atoms. The predicted molar refractivity (Wildman–Crippen MR) is 62.8 cm³/mol. The molecule has 1 nitrogen and oxygen atoms in total. The van der Waals surface area contributed by atoms with Crippen LogP contribution in [-0.2, 0) is 6.42 Å². The third kappa shape index (κ3) is 2.27. The van der Waals surface area contributed by atoms with E-state index < -0.39 is 5.60 Å². The van der Waals surface area contributed by atoms with Gasteiger partial charge in [-0.2, -0.15) is 0 Å². The number of rotatable bonds is 4. The molecule has 1 N–H and O–H groups in total. The van der Waals surface area contributed by atoms with Crippen LogP contribution in [0.15, 0.2) is 18.2 Å². The summed E-state index contributed by atoms with van der Waals surface area (Å²) < 4.78 is 13.0. The highest BCUT2D eigenvalue weighted by Gasteiger charge is 2.42. The van der Waals surface area contributed by atoms with Crippen molar-refractivity contribution in [3.8, 4) is 0 Å². The lowest BCUT2D eigenvalue weighted by Gasteiger charge is -2.27. The third-order valence-corrected chi connectivity index (χ3v) is 3.75. The minimum Gasteiger partial charge on any atom is -0.389 e. The first kappa shape index (κ1) is 11.6. The Balaban J connectivity index is 2.18. The Morgan fingerprint density at radius 2 is 2.12 bits per heavy atom. The molecule has 0 bridgehead atoms. The van der Waals surface area contributed by atoms with Crippen LogP contribution in [0.1, 0.15) is 37.3 Å². The second-order valence-electron chi connectivity index (χ2n) is 4.98. The molecule has 2 heteroatoms. The van der Waals surface area contributed by atoms with Crippen LogP contribution in [0.25, 0.3) is 0 Å². The number of halogens is 1. The molecular weight excluding hydrogens is 203 g/mol. The van der Waals surface area contributed by atoms with E-state index in [-0.39, 0.29) is 5.82 Å². The lowest BCUT2D eigenvalue weighted by atomic mass is 9.86. The zero-order chi connectivity index (χ0) is 11.8. The summed E-state index contributed by atoms with van der Waals surface area (Å²) in [6, 6.07) is 4.82. The lowest BCUT2D eigenvalue weighted by Crippen LogP contribution is -2.33. The van der Waals surface area contributed by atoms with Gasteiger partial charge in [-0.3, -0.25) is 0 Å². The smallest absolute Gasteiger partial charge is 0.123 e. The molecule has 1 unspecified atom stereocenters. The van der Waals surface area contributed by atoms with Crippen molar-refractivity contribution in [3.05, 3.63) is 35.1 Å². The van der Waals surface area contributed by atoms with Crippen molar-refractivity contribution in [1.29, 1.82) is 0 Å². The van der Waals surface area contributed by atoms with Crippen molar-refractivity contribution >= 4 is 0 Å². The van der Waals surface area contributed by atoms with Gasteiger partial charge in [0.25, 0.3) is 0 Å². The molecule has 16 heavy (non-hydrogen) atoms. The van der Waals surface area contributed by atoms with Gasteiger partial charge in [-0.25, -0.2) is 4.39 Å². The highest BCUT2D eigenvalue weighted by Crippen LogP contribution is 2.43. The topological polar surface area (TPSA) is 20.2 Å². The van der Waals surface area contributed by atoms with Gasteiger partial charge >= 0.3 is 0 Å². The van der Waals surface area contributed by atoms with Crippen LogP contribution in [0.4, 0.5) is 4.39 Å². The van der Waals surface area contributed by atoms with Gasteiger partial charge in [0.2, 0.25) is 0 Å². The van der Waals surface area contributed by atoms with Crippen LogP contribution in [0.3, 0.4) is 0 Å². The van der Waals surface area contributed by atoms with Gasteiger partial charge < -0.3 is 5.11 Å². The lowest BCUT2D eigenvalue weighted by molar-refractivity contribution is 0.0137. The average Bonchev–Trinajstić information content (AvgIpc) is 3.06. The van der Waals surface area contributed by atoms with Crippen LogP contribution in [-0.4, -0.2) is 10.7 Å². The SMILES string of the molecule is CCC(O)(Cc1ccc(F)cc1C)C1CC1. The maximum atomic E-state index is 13.0. The van der Waals surface area contributed by atoms with Gasteiger partial charge in [-0.15, -0.1) is 0 Å². The predicted octanol–water partition coefficient (Wildman–Crippen LogP) is 3.23. The molecule has 0 aromatic heterocycles. The summed E-state index contributed by atoms with van der Waals surface area (Å²) in [5.41, 5.74) is 1.42. The quantitative estimate of drug-likeness (QED) is 0.829. The van der Waals surface area contributed by atoms with Crippen molar-refractivity contribution in [1.82, 2.24) is 0 Å². The summed E-state index contributed by atoms with van der Waals surface area (Å²) in [5.74, 6) is 0.245. The van der Waals surface area contributed by atoms with Crippen LogP contribution >= 0.6 is 0 Å². The van der Waals surface area contributed by atoms with Crippen LogP contribution in [0.2, 0.25) is 0 Å². The average molecular weight is 222 g/mol. The Morgan fingerprint density at radius 3 is 2.62 bits per heavy atom. The minimum atomic E-state index is -0.581. The minimum absolute atomic E-state index is 0.201. The van der Waals surface area contributed by atoms with E-state index in [9.17, 15) is 9.50 Å². The molecule has 1 aliphatic carbocycles. The number of hydrogen-bond donors (Lipinski definition) is 1. The largest absolute Gasteiger partial charge is 0.389 e. The number of hydrogen-bond acceptors (Lipinski definition) is 1. The fraction of sp³-hybridized carbons (Fsp3) is 0.571. The zero-order valence-electron chi connectivity index (χ0n) is 9.96.